The van der Waals surface area contributed by atoms with Crippen molar-refractivity contribution in [1.82, 2.24) is 5.32 Å². The Labute approximate surface area is 88.7 Å². The fourth-order valence-electron chi connectivity index (χ4n) is 0.913. The number of ether oxygens (including phenoxy) is 2. The number of carbonyl (C=O) groups excluding carboxylic acids is 3. The average molecular weight is 215 g/mol. The maximum atomic E-state index is 11.1. The largest absolute Gasteiger partial charge is 0.469 e. The molecule has 0 aliphatic heterocycles. The van der Waals surface area contributed by atoms with Crippen molar-refractivity contribution in [3.8, 4) is 0 Å². The van der Waals surface area contributed by atoms with Crippen molar-refractivity contribution >= 4 is 25.7 Å². The molecule has 6 nitrogen and oxygen atoms in total. The van der Waals surface area contributed by atoms with E-state index in [9.17, 15) is 14.4 Å². The van der Waals surface area contributed by atoms with Crippen LogP contribution in [0.1, 0.15) is 12.8 Å². The van der Waals surface area contributed by atoms with Crippen molar-refractivity contribution in [3.63, 3.8) is 0 Å². The lowest BCUT2D eigenvalue weighted by Crippen LogP contribution is -2.38. The molecule has 0 radical (unpaired) electrons. The highest BCUT2D eigenvalue weighted by Gasteiger charge is 2.14. The van der Waals surface area contributed by atoms with Crippen molar-refractivity contribution in [3.05, 3.63) is 0 Å². The van der Waals surface area contributed by atoms with Gasteiger partial charge in [0.15, 0.2) is 0 Å². The lowest BCUT2D eigenvalue weighted by Gasteiger charge is -2.11. The van der Waals surface area contributed by atoms with Gasteiger partial charge >= 0.3 is 11.9 Å². The van der Waals surface area contributed by atoms with Crippen molar-refractivity contribution in [2.45, 2.75) is 18.8 Å². The number of hydrogen-bond donors (Lipinski definition) is 1. The summed E-state index contributed by atoms with van der Waals surface area (Å²) in [5, 5.41) is 2.47. The summed E-state index contributed by atoms with van der Waals surface area (Å²) in [5.41, 5.74) is 0. The van der Waals surface area contributed by atoms with Gasteiger partial charge in [0.2, 0.25) is 5.91 Å². The number of nitrogens with one attached hydrogen (secondary N) is 1. The first-order chi connectivity index (χ1) is 6.99. The predicted octanol–water partition coefficient (Wildman–Crippen LogP) is -1.81. The van der Waals surface area contributed by atoms with E-state index in [0.717, 1.165) is 0 Å². The van der Waals surface area contributed by atoms with E-state index < -0.39 is 17.8 Å². The van der Waals surface area contributed by atoms with E-state index in [4.69, 9.17) is 0 Å². The van der Waals surface area contributed by atoms with Crippen LogP contribution in [0, 0.1) is 0 Å². The van der Waals surface area contributed by atoms with Crippen molar-refractivity contribution < 1.29 is 23.9 Å². The zero-order chi connectivity index (χ0) is 11.8. The Balaban J connectivity index is 3.86. The average Bonchev–Trinajstić information content (AvgIpc) is 2.16. The summed E-state index contributed by atoms with van der Waals surface area (Å²) in [6.07, 6.45) is -0.272. The minimum absolute atomic E-state index is 0.0728. The smallest absolute Gasteiger partial charge is 0.315 e. The molecule has 1 amide bonds. The third-order valence-electron chi connectivity index (χ3n) is 1.64. The van der Waals surface area contributed by atoms with E-state index in [1.165, 1.54) is 14.2 Å². The van der Waals surface area contributed by atoms with Gasteiger partial charge in [-0.2, -0.15) is 0 Å². The van der Waals surface area contributed by atoms with Gasteiger partial charge in [-0.1, -0.05) is 0 Å². The Kier molecular flexibility index (Phi) is 6.16. The van der Waals surface area contributed by atoms with Crippen LogP contribution in [0.4, 0.5) is 0 Å². The summed E-state index contributed by atoms with van der Waals surface area (Å²) in [7, 11) is 4.12. The molecule has 0 heterocycles. The normalized spacial score (nSPS) is 11.3. The molecule has 7 heteroatoms. The van der Waals surface area contributed by atoms with E-state index in [1.807, 2.05) is 0 Å². The Hall–Kier alpha value is -1.53. The summed E-state index contributed by atoms with van der Waals surface area (Å²) < 4.78 is 8.74. The fourth-order valence-corrected chi connectivity index (χ4v) is 0.913. The molecule has 0 rings (SSSR count). The SMILES string of the molecule is BC(CC(=O)OC)NC(=O)CC(=O)OC. The van der Waals surface area contributed by atoms with Gasteiger partial charge in [-0.3, -0.25) is 14.4 Å². The highest BCUT2D eigenvalue weighted by molar-refractivity contribution is 6.14. The van der Waals surface area contributed by atoms with Gasteiger partial charge in [0.05, 0.1) is 20.6 Å². The first-order valence-electron chi connectivity index (χ1n) is 4.42. The van der Waals surface area contributed by atoms with Gasteiger partial charge in [0.25, 0.3) is 0 Å². The molecule has 0 fully saturated rings. The van der Waals surface area contributed by atoms with E-state index >= 15 is 0 Å². The second-order valence-electron chi connectivity index (χ2n) is 3.00. The van der Waals surface area contributed by atoms with Gasteiger partial charge in [0.1, 0.15) is 14.3 Å². The number of methoxy groups -OCH3 is 2. The Bertz CT molecular complexity index is 255. The highest BCUT2D eigenvalue weighted by atomic mass is 16.5. The number of hydrogen-bond acceptors (Lipinski definition) is 5. The van der Waals surface area contributed by atoms with Gasteiger partial charge in [-0.15, -0.1) is 0 Å². The molecular weight excluding hydrogens is 201 g/mol. The van der Waals surface area contributed by atoms with Crippen molar-refractivity contribution in [1.29, 1.82) is 0 Å². The monoisotopic (exact) mass is 215 g/mol. The summed E-state index contributed by atoms with van der Waals surface area (Å²) in [4.78, 5) is 32.7. The lowest BCUT2D eigenvalue weighted by molar-refractivity contribution is -0.143. The molecule has 0 saturated carbocycles. The molecule has 0 aromatic rings. The van der Waals surface area contributed by atoms with Gasteiger partial charge in [-0.25, -0.2) is 0 Å². The van der Waals surface area contributed by atoms with Crippen LogP contribution in [-0.2, 0) is 23.9 Å². The minimum Gasteiger partial charge on any atom is -0.469 e. The molecule has 0 aromatic heterocycles. The summed E-state index contributed by atoms with van der Waals surface area (Å²) in [6.45, 7) is 0. The van der Waals surface area contributed by atoms with Crippen LogP contribution in [0.15, 0.2) is 0 Å². The third-order valence-corrected chi connectivity index (χ3v) is 1.64. The first-order valence-corrected chi connectivity index (χ1v) is 4.42. The molecular formula is C8H14BNO5. The van der Waals surface area contributed by atoms with Gasteiger partial charge in [0, 0.05) is 5.94 Å². The van der Waals surface area contributed by atoms with E-state index in [0.29, 0.717) is 0 Å². The first kappa shape index (κ1) is 13.5. The minimum atomic E-state index is -0.613. The van der Waals surface area contributed by atoms with Crippen molar-refractivity contribution in [2.24, 2.45) is 0 Å². The zero-order valence-corrected chi connectivity index (χ0v) is 9.03. The topological polar surface area (TPSA) is 81.7 Å². The number of carbonyl (C=O) groups is 3. The van der Waals surface area contributed by atoms with Crippen molar-refractivity contribution in [2.75, 3.05) is 14.2 Å². The van der Waals surface area contributed by atoms with Gasteiger partial charge in [-0.05, 0) is 0 Å². The Morgan fingerprint density at radius 1 is 1.20 bits per heavy atom. The molecule has 84 valence electrons. The maximum Gasteiger partial charge on any atom is 0.315 e. The Morgan fingerprint density at radius 2 is 1.73 bits per heavy atom. The molecule has 1 atom stereocenters. The predicted molar refractivity (Wildman–Crippen MR) is 53.7 cm³/mol. The van der Waals surface area contributed by atoms with E-state index in [-0.39, 0.29) is 18.8 Å². The quantitative estimate of drug-likeness (QED) is 0.332. The van der Waals surface area contributed by atoms with E-state index in [2.05, 4.69) is 14.8 Å². The molecule has 0 aromatic carbocycles. The standard InChI is InChI=1S/C8H14BNO5/c1-14-7(12)3-5(9)10-6(11)4-8(13)15-2/h5H,3-4,9H2,1-2H3,(H,10,11). The van der Waals surface area contributed by atoms with Crippen LogP contribution in [-0.4, -0.2) is 45.9 Å². The van der Waals surface area contributed by atoms with Crippen LogP contribution in [0.3, 0.4) is 0 Å². The lowest BCUT2D eigenvalue weighted by atomic mass is 9.93. The third kappa shape index (κ3) is 6.53. The Morgan fingerprint density at radius 3 is 2.20 bits per heavy atom. The maximum absolute atomic E-state index is 11.1. The van der Waals surface area contributed by atoms with Gasteiger partial charge < -0.3 is 14.8 Å². The molecule has 1 N–H and O–H groups in total. The van der Waals surface area contributed by atoms with Crippen LogP contribution in [0.5, 0.6) is 0 Å². The van der Waals surface area contributed by atoms with Crippen LogP contribution >= 0.6 is 0 Å². The van der Waals surface area contributed by atoms with Crippen LogP contribution < -0.4 is 5.32 Å². The van der Waals surface area contributed by atoms with E-state index in [1.54, 1.807) is 7.85 Å². The highest BCUT2D eigenvalue weighted by Crippen LogP contribution is 1.92. The summed E-state index contributed by atoms with van der Waals surface area (Å²) in [5.74, 6) is -1.87. The number of esters is 2. The molecule has 0 saturated heterocycles. The van der Waals surface area contributed by atoms with Crippen LogP contribution in [0.2, 0.25) is 0 Å². The molecule has 0 aliphatic rings. The summed E-state index contributed by atoms with van der Waals surface area (Å²) >= 11 is 0. The second kappa shape index (κ2) is 6.86. The zero-order valence-electron chi connectivity index (χ0n) is 9.03. The molecule has 0 bridgehead atoms. The second-order valence-corrected chi connectivity index (χ2v) is 3.00. The molecule has 0 aliphatic carbocycles. The fraction of sp³-hybridized carbons (Fsp3) is 0.625. The molecule has 1 unspecified atom stereocenters. The number of rotatable bonds is 5. The number of amides is 1. The molecule has 15 heavy (non-hydrogen) atoms. The molecule has 0 spiro atoms. The van der Waals surface area contributed by atoms with Crippen LogP contribution in [0.25, 0.3) is 0 Å². The summed E-state index contributed by atoms with van der Waals surface area (Å²) in [6, 6.07) is 0.